The highest BCUT2D eigenvalue weighted by atomic mass is 35.5. The number of nitrogens with zero attached hydrogens (tertiary/aromatic N) is 2. The number of carbonyl (C=O) groups is 1. The maximum Gasteiger partial charge on any atom is 0.164 e. The predicted octanol–water partition coefficient (Wildman–Crippen LogP) is 4.04. The molecule has 3 rings (SSSR count). The van der Waals surface area contributed by atoms with E-state index in [0.717, 1.165) is 54.6 Å². The summed E-state index contributed by atoms with van der Waals surface area (Å²) in [5.74, 6) is 0.238. The molecule has 126 valence electrons. The summed E-state index contributed by atoms with van der Waals surface area (Å²) in [7, 11) is 0. The maximum atomic E-state index is 12.4. The van der Waals surface area contributed by atoms with Gasteiger partial charge in [-0.15, -0.1) is 0 Å². The number of aryl methyl sites for hydroxylation is 1. The summed E-state index contributed by atoms with van der Waals surface area (Å²) in [6.45, 7) is 6.64. The van der Waals surface area contributed by atoms with Crippen molar-refractivity contribution in [1.29, 1.82) is 0 Å². The van der Waals surface area contributed by atoms with Gasteiger partial charge in [-0.05, 0) is 24.6 Å². The van der Waals surface area contributed by atoms with E-state index in [1.54, 1.807) is 0 Å². The lowest BCUT2D eigenvalue weighted by atomic mass is 10.0. The fraction of sp³-hybridized carbons (Fsp3) is 0.350. The minimum atomic E-state index is 0.238. The number of Topliss-reactive ketones (excluding diaryl/α,β-unsaturated/α-hetero) is 1. The summed E-state index contributed by atoms with van der Waals surface area (Å²) < 4.78 is 0. The first-order chi connectivity index (χ1) is 11.6. The number of rotatable bonds is 5. The molecule has 0 unspecified atom stereocenters. The van der Waals surface area contributed by atoms with Crippen molar-refractivity contribution in [2.45, 2.75) is 13.3 Å². The van der Waals surface area contributed by atoms with E-state index in [2.05, 4.69) is 15.9 Å². The third kappa shape index (κ3) is 3.97. The van der Waals surface area contributed by atoms with Crippen LogP contribution in [-0.4, -0.2) is 43.4 Å². The number of carbonyl (C=O) groups excluding carboxylic acids is 1. The molecule has 3 nitrogen and oxygen atoms in total. The van der Waals surface area contributed by atoms with Crippen molar-refractivity contribution in [1.82, 2.24) is 4.90 Å². The summed E-state index contributed by atoms with van der Waals surface area (Å²) in [5.41, 5.74) is 3.02. The zero-order valence-electron chi connectivity index (χ0n) is 14.0. The van der Waals surface area contributed by atoms with Crippen molar-refractivity contribution >= 4 is 23.1 Å². The monoisotopic (exact) mass is 342 g/mol. The van der Waals surface area contributed by atoms with Crippen LogP contribution >= 0.6 is 11.6 Å². The molecule has 0 amide bonds. The molecule has 0 saturated carbocycles. The van der Waals surface area contributed by atoms with Gasteiger partial charge >= 0.3 is 0 Å². The van der Waals surface area contributed by atoms with Gasteiger partial charge in [0.25, 0.3) is 0 Å². The van der Waals surface area contributed by atoms with Gasteiger partial charge in [-0.1, -0.05) is 48.0 Å². The molecule has 2 aromatic rings. The van der Waals surface area contributed by atoms with Crippen LogP contribution in [-0.2, 0) is 0 Å². The van der Waals surface area contributed by atoms with Gasteiger partial charge in [0.05, 0.1) is 10.7 Å². The van der Waals surface area contributed by atoms with Gasteiger partial charge in [-0.25, -0.2) is 0 Å². The Kier molecular flexibility index (Phi) is 5.54. The summed E-state index contributed by atoms with van der Waals surface area (Å²) in [6.07, 6.45) is 0.580. The van der Waals surface area contributed by atoms with Crippen LogP contribution < -0.4 is 4.90 Å². The lowest BCUT2D eigenvalue weighted by molar-refractivity contribution is 0.0962. The van der Waals surface area contributed by atoms with Gasteiger partial charge in [0.15, 0.2) is 5.78 Å². The molecule has 1 fully saturated rings. The quantitative estimate of drug-likeness (QED) is 0.766. The van der Waals surface area contributed by atoms with E-state index >= 15 is 0 Å². The molecule has 0 aromatic heterocycles. The minimum Gasteiger partial charge on any atom is -0.368 e. The second-order valence-electron chi connectivity index (χ2n) is 6.27. The van der Waals surface area contributed by atoms with Crippen LogP contribution in [0.15, 0.2) is 48.5 Å². The topological polar surface area (TPSA) is 23.6 Å². The molecule has 2 aromatic carbocycles. The highest BCUT2D eigenvalue weighted by Gasteiger charge is 2.19. The van der Waals surface area contributed by atoms with E-state index < -0.39 is 0 Å². The maximum absolute atomic E-state index is 12.4. The summed E-state index contributed by atoms with van der Waals surface area (Å²) in [5, 5.41) is 0.806. The van der Waals surface area contributed by atoms with Crippen LogP contribution in [0.1, 0.15) is 22.3 Å². The Bertz CT molecular complexity index is 708. The lowest BCUT2D eigenvalue weighted by Crippen LogP contribution is -2.47. The summed E-state index contributed by atoms with van der Waals surface area (Å²) in [4.78, 5) is 17.1. The van der Waals surface area contributed by atoms with Gasteiger partial charge in [-0.2, -0.15) is 0 Å². The Morgan fingerprint density at radius 1 is 1.00 bits per heavy atom. The third-order valence-electron chi connectivity index (χ3n) is 4.67. The smallest absolute Gasteiger partial charge is 0.164 e. The van der Waals surface area contributed by atoms with Gasteiger partial charge in [0.2, 0.25) is 0 Å². The standard InChI is InChI=1S/C20H23ClN2O/c1-16-6-2-3-7-17(16)20(24)10-11-22-12-14-23(15-13-22)19-9-5-4-8-18(19)21/h2-9H,10-15H2,1H3. The SMILES string of the molecule is Cc1ccccc1C(=O)CCN1CCN(c2ccccc2Cl)CC1. The molecular weight excluding hydrogens is 320 g/mol. The van der Waals surface area contributed by atoms with E-state index in [1.807, 2.05) is 49.4 Å². The Morgan fingerprint density at radius 3 is 2.38 bits per heavy atom. The van der Waals surface area contributed by atoms with Crippen LogP contribution in [0.2, 0.25) is 5.02 Å². The van der Waals surface area contributed by atoms with Crippen molar-refractivity contribution in [3.05, 3.63) is 64.7 Å². The largest absolute Gasteiger partial charge is 0.368 e. The Hall–Kier alpha value is -1.84. The first-order valence-corrected chi connectivity index (χ1v) is 8.83. The molecule has 0 atom stereocenters. The second-order valence-corrected chi connectivity index (χ2v) is 6.68. The van der Waals surface area contributed by atoms with E-state index in [1.165, 1.54) is 0 Å². The summed E-state index contributed by atoms with van der Waals surface area (Å²) in [6, 6.07) is 15.8. The van der Waals surface area contributed by atoms with Crippen molar-refractivity contribution < 1.29 is 4.79 Å². The molecule has 4 heteroatoms. The van der Waals surface area contributed by atoms with E-state index in [-0.39, 0.29) is 5.78 Å². The van der Waals surface area contributed by atoms with E-state index in [4.69, 9.17) is 11.6 Å². The average molecular weight is 343 g/mol. The second kappa shape index (κ2) is 7.82. The number of hydrogen-bond acceptors (Lipinski definition) is 3. The first kappa shape index (κ1) is 17.0. The van der Waals surface area contributed by atoms with Crippen molar-refractivity contribution in [2.24, 2.45) is 0 Å². The molecule has 0 aliphatic carbocycles. The zero-order chi connectivity index (χ0) is 16.9. The van der Waals surface area contributed by atoms with Crippen LogP contribution in [0.25, 0.3) is 0 Å². The number of anilines is 1. The van der Waals surface area contributed by atoms with Crippen LogP contribution in [0, 0.1) is 6.92 Å². The van der Waals surface area contributed by atoms with Crippen LogP contribution in [0.3, 0.4) is 0 Å². The molecule has 1 saturated heterocycles. The molecule has 0 radical (unpaired) electrons. The molecule has 24 heavy (non-hydrogen) atoms. The normalized spacial score (nSPS) is 15.5. The number of halogens is 1. The molecule has 1 heterocycles. The lowest BCUT2D eigenvalue weighted by Gasteiger charge is -2.36. The number of hydrogen-bond donors (Lipinski definition) is 0. The Balaban J connectivity index is 1.50. The molecule has 1 aliphatic rings. The highest BCUT2D eigenvalue weighted by molar-refractivity contribution is 6.33. The van der Waals surface area contributed by atoms with Gasteiger partial charge in [0.1, 0.15) is 0 Å². The molecule has 1 aliphatic heterocycles. The Labute approximate surface area is 148 Å². The van der Waals surface area contributed by atoms with Crippen molar-refractivity contribution in [3.8, 4) is 0 Å². The fourth-order valence-electron chi connectivity index (χ4n) is 3.20. The summed E-state index contributed by atoms with van der Waals surface area (Å²) >= 11 is 6.28. The number of benzene rings is 2. The average Bonchev–Trinajstić information content (AvgIpc) is 2.61. The van der Waals surface area contributed by atoms with Gasteiger partial charge < -0.3 is 4.90 Å². The molecule has 0 N–H and O–H groups in total. The van der Waals surface area contributed by atoms with Crippen LogP contribution in [0.5, 0.6) is 0 Å². The van der Waals surface area contributed by atoms with E-state index in [9.17, 15) is 4.79 Å². The fourth-order valence-corrected chi connectivity index (χ4v) is 3.46. The first-order valence-electron chi connectivity index (χ1n) is 8.46. The third-order valence-corrected chi connectivity index (χ3v) is 4.99. The molecule has 0 spiro atoms. The van der Waals surface area contributed by atoms with Crippen molar-refractivity contribution in [3.63, 3.8) is 0 Å². The number of ketones is 1. The molecular formula is C20H23ClN2O. The highest BCUT2D eigenvalue weighted by Crippen LogP contribution is 2.26. The number of piperazine rings is 1. The number of para-hydroxylation sites is 1. The van der Waals surface area contributed by atoms with Gasteiger partial charge in [0, 0.05) is 44.7 Å². The molecule has 0 bridgehead atoms. The van der Waals surface area contributed by atoms with Crippen LogP contribution in [0.4, 0.5) is 5.69 Å². The van der Waals surface area contributed by atoms with E-state index in [0.29, 0.717) is 6.42 Å². The van der Waals surface area contributed by atoms with Gasteiger partial charge in [-0.3, -0.25) is 9.69 Å². The predicted molar refractivity (Wildman–Crippen MR) is 100 cm³/mol. The zero-order valence-corrected chi connectivity index (χ0v) is 14.8. The Morgan fingerprint density at radius 2 is 1.67 bits per heavy atom. The minimum absolute atomic E-state index is 0.238. The van der Waals surface area contributed by atoms with Crippen molar-refractivity contribution in [2.75, 3.05) is 37.6 Å².